The van der Waals surface area contributed by atoms with Crippen LogP contribution in [0.1, 0.15) is 31.2 Å². The minimum absolute atomic E-state index is 0.0282. The van der Waals surface area contributed by atoms with E-state index >= 15 is 0 Å². The van der Waals surface area contributed by atoms with Gasteiger partial charge in [0.25, 0.3) is 5.91 Å². The lowest BCUT2D eigenvalue weighted by Gasteiger charge is -2.24. The summed E-state index contributed by atoms with van der Waals surface area (Å²) < 4.78 is 5.81. The highest BCUT2D eigenvalue weighted by atomic mass is 16.5. The Bertz CT molecular complexity index is 1200. The van der Waals surface area contributed by atoms with Gasteiger partial charge in [0, 0.05) is 25.7 Å². The Hall–Kier alpha value is -4.11. The second-order valence-electron chi connectivity index (χ2n) is 9.60. The molecule has 38 heavy (non-hydrogen) atoms. The number of likely N-dealkylation sites (tertiary alicyclic amines) is 2. The van der Waals surface area contributed by atoms with Crippen LogP contribution >= 0.6 is 0 Å². The second-order valence-corrected chi connectivity index (χ2v) is 9.60. The molecule has 9 nitrogen and oxygen atoms in total. The highest BCUT2D eigenvalue weighted by Crippen LogP contribution is 2.24. The molecule has 6 N–H and O–H groups in total. The van der Waals surface area contributed by atoms with Crippen molar-refractivity contribution in [3.63, 3.8) is 0 Å². The lowest BCUT2D eigenvalue weighted by molar-refractivity contribution is -0.125. The minimum atomic E-state index is -0.764. The molecular formula is C29H36N6O3. The Kier molecular flexibility index (Phi) is 9.16. The molecule has 0 radical (unpaired) electrons. The number of amidine groups is 1. The van der Waals surface area contributed by atoms with Crippen molar-refractivity contribution in [2.24, 2.45) is 22.2 Å². The van der Waals surface area contributed by atoms with Gasteiger partial charge in [0.1, 0.15) is 22.9 Å². The van der Waals surface area contributed by atoms with E-state index in [9.17, 15) is 9.59 Å². The number of hydrogen-bond acceptors (Lipinski definition) is 6. The summed E-state index contributed by atoms with van der Waals surface area (Å²) in [5.41, 5.74) is 18.8. The fourth-order valence-corrected chi connectivity index (χ4v) is 4.73. The maximum Gasteiger partial charge on any atom is 0.254 e. The fraction of sp³-hybridized carbons (Fsp3) is 0.345. The van der Waals surface area contributed by atoms with Gasteiger partial charge >= 0.3 is 0 Å². The summed E-state index contributed by atoms with van der Waals surface area (Å²) in [7, 11) is 0. The van der Waals surface area contributed by atoms with E-state index in [1.807, 2.05) is 36.4 Å². The van der Waals surface area contributed by atoms with Crippen molar-refractivity contribution in [3.8, 4) is 11.5 Å². The van der Waals surface area contributed by atoms with E-state index in [0.29, 0.717) is 36.6 Å². The summed E-state index contributed by atoms with van der Waals surface area (Å²) >= 11 is 0. The molecule has 0 aliphatic carbocycles. The van der Waals surface area contributed by atoms with Crippen LogP contribution in [0.2, 0.25) is 0 Å². The van der Waals surface area contributed by atoms with Crippen molar-refractivity contribution in [1.29, 1.82) is 0 Å². The molecule has 2 aliphatic heterocycles. The summed E-state index contributed by atoms with van der Waals surface area (Å²) in [6.45, 7) is 3.96. The number of aliphatic imine (C=N–C) groups is 1. The van der Waals surface area contributed by atoms with Gasteiger partial charge in [-0.2, -0.15) is 0 Å². The summed E-state index contributed by atoms with van der Waals surface area (Å²) in [5.74, 6) is 0.496. The number of nitrogens with two attached hydrogens (primary N) is 3. The summed E-state index contributed by atoms with van der Waals surface area (Å²) in [5, 5.41) is 0. The van der Waals surface area contributed by atoms with E-state index in [1.165, 1.54) is 19.3 Å². The minimum Gasteiger partial charge on any atom is -0.457 e. The van der Waals surface area contributed by atoms with E-state index in [1.54, 1.807) is 35.2 Å². The summed E-state index contributed by atoms with van der Waals surface area (Å²) in [6.07, 6.45) is 7.94. The molecule has 1 atom stereocenters. The number of carbonyl (C=O) groups excluding carboxylic acids is 2. The van der Waals surface area contributed by atoms with E-state index < -0.39 is 5.91 Å². The molecule has 4 rings (SSSR count). The number of ether oxygens (including phenoxy) is 1. The van der Waals surface area contributed by atoms with Crippen LogP contribution in [0.25, 0.3) is 5.70 Å². The van der Waals surface area contributed by atoms with Gasteiger partial charge in [0.05, 0.1) is 11.7 Å². The Balaban J connectivity index is 1.39. The fourth-order valence-electron chi connectivity index (χ4n) is 4.73. The van der Waals surface area contributed by atoms with Crippen LogP contribution in [0.3, 0.4) is 0 Å². The first-order valence-electron chi connectivity index (χ1n) is 13.0. The zero-order valence-corrected chi connectivity index (χ0v) is 21.6. The van der Waals surface area contributed by atoms with Crippen LogP contribution in [0, 0.1) is 0 Å². The van der Waals surface area contributed by atoms with Crippen LogP contribution < -0.4 is 21.9 Å². The Morgan fingerprint density at radius 3 is 2.29 bits per heavy atom. The Morgan fingerprint density at radius 2 is 1.61 bits per heavy atom. The summed E-state index contributed by atoms with van der Waals surface area (Å²) in [6, 6.07) is 16.1. The molecule has 9 heteroatoms. The molecule has 2 amide bonds. The van der Waals surface area contributed by atoms with Crippen LogP contribution in [0.5, 0.6) is 11.5 Å². The number of para-hydroxylation sites is 1. The van der Waals surface area contributed by atoms with Crippen molar-refractivity contribution in [3.05, 3.63) is 77.9 Å². The third-order valence-corrected chi connectivity index (χ3v) is 6.79. The van der Waals surface area contributed by atoms with E-state index in [0.717, 1.165) is 19.6 Å². The number of amides is 2. The molecule has 0 bridgehead atoms. The van der Waals surface area contributed by atoms with Crippen LogP contribution in [0.4, 0.5) is 0 Å². The van der Waals surface area contributed by atoms with Gasteiger partial charge in [-0.15, -0.1) is 0 Å². The molecule has 2 aromatic rings. The molecule has 0 spiro atoms. The zero-order valence-electron chi connectivity index (χ0n) is 21.6. The van der Waals surface area contributed by atoms with Crippen molar-refractivity contribution in [2.45, 2.75) is 31.7 Å². The Labute approximate surface area is 223 Å². The zero-order chi connectivity index (χ0) is 26.9. The second kappa shape index (κ2) is 12.9. The lowest BCUT2D eigenvalue weighted by atomic mass is 10.0. The van der Waals surface area contributed by atoms with Crippen molar-refractivity contribution >= 4 is 23.3 Å². The molecule has 2 saturated heterocycles. The average molecular weight is 517 g/mol. The molecular weight excluding hydrogens is 480 g/mol. The number of piperidine rings is 1. The summed E-state index contributed by atoms with van der Waals surface area (Å²) in [4.78, 5) is 33.5. The van der Waals surface area contributed by atoms with E-state index in [2.05, 4.69) is 9.89 Å². The standard InChI is InChI=1S/C29H36N6O3/c30-27(21-11-13-24(14-12-21)38-23-8-3-1-4-9-23)26(29(32)37)28(31)33-22-15-19-35(20-22)25(36)10-7-18-34-16-5-2-6-17-34/h1,3-4,7-14,22H,2,5-6,15-20,30H2,(H2,31,33)(H2,32,37)/b10-7+,27-26?. The maximum absolute atomic E-state index is 12.6. The number of rotatable bonds is 9. The van der Waals surface area contributed by atoms with Gasteiger partial charge in [-0.05, 0) is 74.3 Å². The van der Waals surface area contributed by atoms with Gasteiger partial charge < -0.3 is 26.8 Å². The first-order chi connectivity index (χ1) is 18.4. The van der Waals surface area contributed by atoms with Crippen LogP contribution in [-0.2, 0) is 9.59 Å². The predicted octanol–water partition coefficient (Wildman–Crippen LogP) is 2.63. The quantitative estimate of drug-likeness (QED) is 0.266. The number of nitrogens with zero attached hydrogens (tertiary/aromatic N) is 3. The van der Waals surface area contributed by atoms with Gasteiger partial charge in [0.2, 0.25) is 5.91 Å². The third kappa shape index (κ3) is 7.23. The molecule has 2 heterocycles. The molecule has 1 unspecified atom stereocenters. The van der Waals surface area contributed by atoms with Crippen molar-refractivity contribution in [2.75, 3.05) is 32.7 Å². The largest absolute Gasteiger partial charge is 0.457 e. The normalized spacial score (nSPS) is 19.4. The van der Waals surface area contributed by atoms with Gasteiger partial charge in [-0.1, -0.05) is 30.7 Å². The van der Waals surface area contributed by atoms with Gasteiger partial charge in [-0.3, -0.25) is 19.5 Å². The lowest BCUT2D eigenvalue weighted by Crippen LogP contribution is -2.32. The van der Waals surface area contributed by atoms with Gasteiger partial charge in [0.15, 0.2) is 0 Å². The number of benzene rings is 2. The Morgan fingerprint density at radius 1 is 0.921 bits per heavy atom. The topological polar surface area (TPSA) is 140 Å². The van der Waals surface area contributed by atoms with Crippen molar-refractivity contribution in [1.82, 2.24) is 9.80 Å². The van der Waals surface area contributed by atoms with Gasteiger partial charge in [-0.25, -0.2) is 0 Å². The van der Waals surface area contributed by atoms with E-state index in [4.69, 9.17) is 21.9 Å². The molecule has 0 saturated carbocycles. The molecule has 2 aromatic carbocycles. The van der Waals surface area contributed by atoms with E-state index in [-0.39, 0.29) is 29.1 Å². The van der Waals surface area contributed by atoms with Crippen molar-refractivity contribution < 1.29 is 14.3 Å². The first-order valence-corrected chi connectivity index (χ1v) is 13.0. The molecule has 200 valence electrons. The molecule has 0 aromatic heterocycles. The van der Waals surface area contributed by atoms with Crippen LogP contribution in [0.15, 0.2) is 77.3 Å². The highest BCUT2D eigenvalue weighted by Gasteiger charge is 2.26. The number of carbonyl (C=O) groups is 2. The number of primary amides is 1. The number of hydrogen-bond donors (Lipinski definition) is 3. The first kappa shape index (κ1) is 26.9. The third-order valence-electron chi connectivity index (χ3n) is 6.79. The predicted molar refractivity (Wildman–Crippen MR) is 149 cm³/mol. The maximum atomic E-state index is 12.6. The monoisotopic (exact) mass is 516 g/mol. The highest BCUT2D eigenvalue weighted by molar-refractivity contribution is 6.24. The molecule has 2 fully saturated rings. The average Bonchev–Trinajstić information content (AvgIpc) is 3.38. The smallest absolute Gasteiger partial charge is 0.254 e. The van der Waals surface area contributed by atoms with Crippen LogP contribution in [-0.4, -0.2) is 66.2 Å². The SMILES string of the molecule is NC(=O)C(C(N)=NC1CCN(C(=O)/C=C/CN2CCCCC2)C1)=C(N)c1ccc(Oc2ccccc2)cc1. The molecule has 2 aliphatic rings.